The van der Waals surface area contributed by atoms with E-state index >= 15 is 0 Å². The largest absolute Gasteiger partial charge is 0.351 e. The molecule has 7 nitrogen and oxygen atoms in total. The molecule has 1 amide bonds. The number of hydrogen-bond acceptors (Lipinski definition) is 4. The van der Waals surface area contributed by atoms with E-state index in [9.17, 15) is 9.18 Å². The molecule has 2 aromatic heterocycles. The summed E-state index contributed by atoms with van der Waals surface area (Å²) in [6.07, 6.45) is 4.03. The molecule has 0 saturated carbocycles. The summed E-state index contributed by atoms with van der Waals surface area (Å²) in [6, 6.07) is 7.59. The van der Waals surface area contributed by atoms with Crippen LogP contribution < -0.4 is 5.32 Å². The highest BCUT2D eigenvalue weighted by Gasteiger charge is 2.10. The van der Waals surface area contributed by atoms with Crippen LogP contribution in [0.15, 0.2) is 43.0 Å². The van der Waals surface area contributed by atoms with E-state index in [-0.39, 0.29) is 11.7 Å². The first-order valence-electron chi connectivity index (χ1n) is 7.14. The second kappa shape index (κ2) is 6.82. The highest BCUT2D eigenvalue weighted by Crippen LogP contribution is 2.17. The minimum absolute atomic E-state index is 0.227. The number of aromatic nitrogens is 5. The fourth-order valence-electron chi connectivity index (χ4n) is 2.10. The molecular formula is C15H15FN6O. The van der Waals surface area contributed by atoms with Gasteiger partial charge in [-0.3, -0.25) is 9.89 Å². The van der Waals surface area contributed by atoms with Crippen molar-refractivity contribution in [3.8, 4) is 11.3 Å². The Balaban J connectivity index is 1.52. The van der Waals surface area contributed by atoms with Gasteiger partial charge in [-0.05, 0) is 36.8 Å². The van der Waals surface area contributed by atoms with Gasteiger partial charge >= 0.3 is 0 Å². The molecule has 3 aromatic rings. The summed E-state index contributed by atoms with van der Waals surface area (Å²) >= 11 is 0. The third-order valence-corrected chi connectivity index (χ3v) is 3.31. The number of aromatic amines is 1. The van der Waals surface area contributed by atoms with Gasteiger partial charge in [-0.25, -0.2) is 4.39 Å². The zero-order valence-corrected chi connectivity index (χ0v) is 12.2. The number of nitrogens with one attached hydrogen (secondary N) is 2. The summed E-state index contributed by atoms with van der Waals surface area (Å²) in [7, 11) is 0. The second-order valence-electron chi connectivity index (χ2n) is 4.98. The maximum Gasteiger partial charge on any atom is 0.269 e. The number of hydrogen-bond donors (Lipinski definition) is 2. The number of amides is 1. The van der Waals surface area contributed by atoms with Gasteiger partial charge < -0.3 is 9.88 Å². The van der Waals surface area contributed by atoms with Gasteiger partial charge in [0.1, 0.15) is 24.2 Å². The van der Waals surface area contributed by atoms with Crippen molar-refractivity contribution in [2.45, 2.75) is 13.0 Å². The number of carbonyl (C=O) groups is 1. The molecule has 0 atom stereocenters. The first-order valence-corrected chi connectivity index (χ1v) is 7.14. The molecule has 0 spiro atoms. The highest BCUT2D eigenvalue weighted by molar-refractivity contribution is 5.93. The first-order chi connectivity index (χ1) is 11.2. The van der Waals surface area contributed by atoms with E-state index < -0.39 is 0 Å². The molecule has 0 aliphatic rings. The Morgan fingerprint density at radius 2 is 1.96 bits per heavy atom. The molecule has 23 heavy (non-hydrogen) atoms. The van der Waals surface area contributed by atoms with Crippen LogP contribution in [0.3, 0.4) is 0 Å². The van der Waals surface area contributed by atoms with Crippen molar-refractivity contribution in [3.63, 3.8) is 0 Å². The van der Waals surface area contributed by atoms with Crippen LogP contribution in [0.1, 0.15) is 16.9 Å². The van der Waals surface area contributed by atoms with E-state index in [1.165, 1.54) is 12.1 Å². The average Bonchev–Trinajstić information content (AvgIpc) is 3.24. The second-order valence-corrected chi connectivity index (χ2v) is 4.98. The number of H-pyrrole nitrogens is 1. The van der Waals surface area contributed by atoms with Crippen molar-refractivity contribution < 1.29 is 9.18 Å². The smallest absolute Gasteiger partial charge is 0.269 e. The summed E-state index contributed by atoms with van der Waals surface area (Å²) in [5.74, 6) is -0.537. The molecule has 0 unspecified atom stereocenters. The van der Waals surface area contributed by atoms with E-state index in [1.54, 1.807) is 30.9 Å². The number of carbonyl (C=O) groups excluding carboxylic acids is 1. The van der Waals surface area contributed by atoms with Gasteiger partial charge in [0.2, 0.25) is 0 Å². The van der Waals surface area contributed by atoms with Crippen molar-refractivity contribution >= 4 is 5.91 Å². The average molecular weight is 314 g/mol. The zero-order valence-electron chi connectivity index (χ0n) is 12.2. The summed E-state index contributed by atoms with van der Waals surface area (Å²) in [6.45, 7) is 1.26. The van der Waals surface area contributed by atoms with Crippen molar-refractivity contribution in [2.75, 3.05) is 6.54 Å². The van der Waals surface area contributed by atoms with Crippen LogP contribution in [0, 0.1) is 5.82 Å². The fourth-order valence-corrected chi connectivity index (χ4v) is 2.10. The molecule has 0 aliphatic heterocycles. The fraction of sp³-hybridized carbons (Fsp3) is 0.200. The number of nitrogens with zero attached hydrogens (tertiary/aromatic N) is 4. The Morgan fingerprint density at radius 3 is 2.70 bits per heavy atom. The molecular weight excluding hydrogens is 299 g/mol. The minimum atomic E-state index is -0.310. The molecule has 1 aromatic carbocycles. The van der Waals surface area contributed by atoms with Crippen molar-refractivity contribution in [2.24, 2.45) is 0 Å². The lowest BCUT2D eigenvalue weighted by molar-refractivity contribution is 0.0947. The lowest BCUT2D eigenvalue weighted by Gasteiger charge is -2.03. The molecule has 2 N–H and O–H groups in total. The zero-order chi connectivity index (χ0) is 16.1. The van der Waals surface area contributed by atoms with E-state index in [0.717, 1.165) is 18.5 Å². The predicted octanol–water partition coefficient (Wildman–Crippen LogP) is 1.63. The predicted molar refractivity (Wildman–Crippen MR) is 81.0 cm³/mol. The molecule has 3 rings (SSSR count). The molecule has 0 radical (unpaired) electrons. The normalized spacial score (nSPS) is 10.7. The maximum atomic E-state index is 12.9. The first kappa shape index (κ1) is 14.9. The summed E-state index contributed by atoms with van der Waals surface area (Å²) in [5, 5.41) is 17.0. The van der Waals surface area contributed by atoms with E-state index in [0.29, 0.717) is 17.9 Å². The van der Waals surface area contributed by atoms with Crippen molar-refractivity contribution in [1.29, 1.82) is 0 Å². The Morgan fingerprint density at radius 1 is 1.22 bits per heavy atom. The van der Waals surface area contributed by atoms with Crippen LogP contribution in [-0.2, 0) is 6.54 Å². The van der Waals surface area contributed by atoms with Gasteiger partial charge in [0.15, 0.2) is 0 Å². The molecule has 0 aliphatic carbocycles. The molecule has 8 heteroatoms. The number of rotatable bonds is 6. The van der Waals surface area contributed by atoms with Gasteiger partial charge in [-0.15, -0.1) is 10.2 Å². The third-order valence-electron chi connectivity index (χ3n) is 3.31. The summed E-state index contributed by atoms with van der Waals surface area (Å²) < 4.78 is 14.8. The Hall–Kier alpha value is -3.03. The third kappa shape index (κ3) is 3.79. The van der Waals surface area contributed by atoms with Gasteiger partial charge in [-0.2, -0.15) is 5.10 Å². The maximum absolute atomic E-state index is 12.9. The number of halogens is 1. The molecule has 0 fully saturated rings. The minimum Gasteiger partial charge on any atom is -0.351 e. The molecule has 0 bridgehead atoms. The summed E-state index contributed by atoms with van der Waals surface area (Å²) in [5.41, 5.74) is 1.71. The molecule has 0 saturated heterocycles. The Labute approximate surface area is 131 Å². The van der Waals surface area contributed by atoms with Crippen LogP contribution >= 0.6 is 0 Å². The summed E-state index contributed by atoms with van der Waals surface area (Å²) in [4.78, 5) is 12.0. The van der Waals surface area contributed by atoms with Gasteiger partial charge in [-0.1, -0.05) is 0 Å². The van der Waals surface area contributed by atoms with E-state index in [4.69, 9.17) is 0 Å². The lowest BCUT2D eigenvalue weighted by Crippen LogP contribution is -2.25. The van der Waals surface area contributed by atoms with Crippen LogP contribution in [0.2, 0.25) is 0 Å². The van der Waals surface area contributed by atoms with Crippen molar-refractivity contribution in [1.82, 2.24) is 30.3 Å². The Bertz CT molecular complexity index is 766. The van der Waals surface area contributed by atoms with E-state index in [2.05, 4.69) is 25.7 Å². The number of benzene rings is 1. The van der Waals surface area contributed by atoms with Crippen LogP contribution in [0.25, 0.3) is 11.3 Å². The van der Waals surface area contributed by atoms with E-state index in [1.807, 2.05) is 4.57 Å². The Kier molecular flexibility index (Phi) is 4.41. The van der Waals surface area contributed by atoms with Gasteiger partial charge in [0.25, 0.3) is 5.91 Å². The van der Waals surface area contributed by atoms with Crippen molar-refractivity contribution in [3.05, 3.63) is 54.5 Å². The molecule has 118 valence electrons. The van der Waals surface area contributed by atoms with Crippen LogP contribution in [0.5, 0.6) is 0 Å². The number of aryl methyl sites for hydroxylation is 1. The lowest BCUT2D eigenvalue weighted by atomic mass is 10.1. The van der Waals surface area contributed by atoms with Crippen LogP contribution in [0.4, 0.5) is 4.39 Å². The molecule has 2 heterocycles. The topological polar surface area (TPSA) is 88.5 Å². The standard InChI is InChI=1S/C15H15FN6O/c16-12-4-2-11(3-5-12)13-8-14(21-20-13)15(23)17-6-1-7-22-9-18-19-10-22/h2-5,8-10H,1,6-7H2,(H,17,23)(H,20,21). The SMILES string of the molecule is O=C(NCCCn1cnnc1)c1cc(-c2ccc(F)cc2)n[nH]1. The van der Waals surface area contributed by atoms with Gasteiger partial charge in [0.05, 0.1) is 5.69 Å². The van der Waals surface area contributed by atoms with Crippen LogP contribution in [-0.4, -0.2) is 37.4 Å². The monoisotopic (exact) mass is 314 g/mol. The highest BCUT2D eigenvalue weighted by atomic mass is 19.1. The van der Waals surface area contributed by atoms with Gasteiger partial charge in [0, 0.05) is 18.7 Å². The quantitative estimate of drug-likeness (QED) is 0.677.